The zero-order valence-corrected chi connectivity index (χ0v) is 9.59. The Balaban J connectivity index is 2.28. The molecule has 0 spiro atoms. The summed E-state index contributed by atoms with van der Waals surface area (Å²) in [6.45, 7) is 1.62. The lowest BCUT2D eigenvalue weighted by Crippen LogP contribution is -2.35. The number of carbonyl (C=O) groups excluding carboxylic acids is 1. The number of nitrogens with one attached hydrogen (secondary N) is 1. The summed E-state index contributed by atoms with van der Waals surface area (Å²) >= 11 is 0. The Bertz CT molecular complexity index is 323. The number of hydrogen-bond acceptors (Lipinski definition) is 4. The molecule has 6 heteroatoms. The highest BCUT2D eigenvalue weighted by atomic mass is 32.2. The van der Waals surface area contributed by atoms with Crippen LogP contribution in [-0.4, -0.2) is 43.1 Å². The van der Waals surface area contributed by atoms with Crippen molar-refractivity contribution in [3.05, 3.63) is 0 Å². The van der Waals surface area contributed by atoms with Gasteiger partial charge < -0.3 is 10.4 Å². The predicted octanol–water partition coefficient (Wildman–Crippen LogP) is -0.549. The fraction of sp³-hybridized carbons (Fsp3) is 0.889. The highest BCUT2D eigenvalue weighted by molar-refractivity contribution is 7.91. The van der Waals surface area contributed by atoms with Crippen LogP contribution in [0.15, 0.2) is 0 Å². The molecule has 0 aromatic rings. The molecule has 88 valence electrons. The number of amides is 1. The van der Waals surface area contributed by atoms with Gasteiger partial charge in [-0.2, -0.15) is 0 Å². The topological polar surface area (TPSA) is 83.5 Å². The fourth-order valence-corrected chi connectivity index (χ4v) is 3.22. The van der Waals surface area contributed by atoms with E-state index in [1.165, 1.54) is 0 Å². The first kappa shape index (κ1) is 12.4. The standard InChI is InChI=1S/C9H17NO4S/c1-7(11)2-3-9(12)10-8-4-5-15(13,14)6-8/h7-8,11H,2-6H2,1H3,(H,10,12). The largest absolute Gasteiger partial charge is 0.393 e. The summed E-state index contributed by atoms with van der Waals surface area (Å²) in [5, 5.41) is 11.6. The van der Waals surface area contributed by atoms with E-state index < -0.39 is 15.9 Å². The number of sulfone groups is 1. The number of carbonyl (C=O) groups is 1. The van der Waals surface area contributed by atoms with Crippen LogP contribution in [0.5, 0.6) is 0 Å². The van der Waals surface area contributed by atoms with Gasteiger partial charge in [-0.3, -0.25) is 4.79 Å². The van der Waals surface area contributed by atoms with E-state index in [2.05, 4.69) is 5.32 Å². The van der Waals surface area contributed by atoms with Crippen molar-refractivity contribution in [3.8, 4) is 0 Å². The van der Waals surface area contributed by atoms with Gasteiger partial charge in [-0.05, 0) is 19.8 Å². The Hall–Kier alpha value is -0.620. The minimum atomic E-state index is -2.94. The van der Waals surface area contributed by atoms with Crippen molar-refractivity contribution in [3.63, 3.8) is 0 Å². The monoisotopic (exact) mass is 235 g/mol. The smallest absolute Gasteiger partial charge is 0.220 e. The van der Waals surface area contributed by atoms with Crippen LogP contribution in [0.3, 0.4) is 0 Å². The Morgan fingerprint density at radius 3 is 2.73 bits per heavy atom. The van der Waals surface area contributed by atoms with Crippen LogP contribution < -0.4 is 5.32 Å². The minimum absolute atomic E-state index is 0.0490. The van der Waals surface area contributed by atoms with Crippen molar-refractivity contribution in [2.45, 2.75) is 38.3 Å². The summed E-state index contributed by atoms with van der Waals surface area (Å²) in [4.78, 5) is 11.3. The number of aliphatic hydroxyl groups is 1. The molecule has 2 N–H and O–H groups in total. The number of hydrogen-bond donors (Lipinski definition) is 2. The highest BCUT2D eigenvalue weighted by Gasteiger charge is 2.28. The molecule has 1 amide bonds. The first-order valence-corrected chi connectivity index (χ1v) is 6.89. The lowest BCUT2D eigenvalue weighted by atomic mass is 10.2. The summed E-state index contributed by atoms with van der Waals surface area (Å²) in [6.07, 6.45) is 0.658. The maximum atomic E-state index is 11.3. The summed E-state index contributed by atoms with van der Waals surface area (Å²) in [7, 11) is -2.94. The van der Waals surface area contributed by atoms with Crippen molar-refractivity contribution < 1.29 is 18.3 Å². The van der Waals surface area contributed by atoms with Gasteiger partial charge in [0.1, 0.15) is 0 Å². The van der Waals surface area contributed by atoms with Crippen molar-refractivity contribution in [1.82, 2.24) is 5.32 Å². The molecule has 2 unspecified atom stereocenters. The van der Waals surface area contributed by atoms with Crippen molar-refractivity contribution in [2.24, 2.45) is 0 Å². The third kappa shape index (κ3) is 4.61. The van der Waals surface area contributed by atoms with E-state index >= 15 is 0 Å². The zero-order valence-electron chi connectivity index (χ0n) is 8.77. The Morgan fingerprint density at radius 2 is 2.27 bits per heavy atom. The molecule has 0 saturated carbocycles. The third-order valence-corrected chi connectivity index (χ3v) is 4.15. The Kier molecular flexibility index (Phi) is 4.10. The molecule has 1 aliphatic rings. The molecular weight excluding hydrogens is 218 g/mol. The van der Waals surface area contributed by atoms with Crippen LogP contribution in [-0.2, 0) is 14.6 Å². The van der Waals surface area contributed by atoms with E-state index in [9.17, 15) is 13.2 Å². The average Bonchev–Trinajstić information content (AvgIpc) is 2.42. The molecule has 0 aliphatic carbocycles. The molecule has 1 aliphatic heterocycles. The van der Waals surface area contributed by atoms with Gasteiger partial charge >= 0.3 is 0 Å². The molecule has 1 heterocycles. The number of aliphatic hydroxyl groups excluding tert-OH is 1. The lowest BCUT2D eigenvalue weighted by molar-refractivity contribution is -0.122. The fourth-order valence-electron chi connectivity index (χ4n) is 1.55. The van der Waals surface area contributed by atoms with E-state index in [-0.39, 0.29) is 29.9 Å². The Morgan fingerprint density at radius 1 is 1.60 bits per heavy atom. The lowest BCUT2D eigenvalue weighted by Gasteiger charge is -2.11. The molecule has 0 aromatic carbocycles. The van der Waals surface area contributed by atoms with E-state index in [1.807, 2.05) is 0 Å². The van der Waals surface area contributed by atoms with Gasteiger partial charge in [-0.15, -0.1) is 0 Å². The third-order valence-electron chi connectivity index (χ3n) is 2.39. The molecule has 0 bridgehead atoms. The second kappa shape index (κ2) is 4.94. The van der Waals surface area contributed by atoms with Crippen molar-refractivity contribution in [2.75, 3.05) is 11.5 Å². The maximum Gasteiger partial charge on any atom is 0.220 e. The molecule has 2 atom stereocenters. The maximum absolute atomic E-state index is 11.3. The van der Waals surface area contributed by atoms with Crippen LogP contribution in [0.4, 0.5) is 0 Å². The van der Waals surface area contributed by atoms with Gasteiger partial charge in [0.2, 0.25) is 5.91 Å². The van der Waals surface area contributed by atoms with Crippen molar-refractivity contribution in [1.29, 1.82) is 0 Å². The van der Waals surface area contributed by atoms with Gasteiger partial charge in [-0.25, -0.2) is 8.42 Å². The second-order valence-electron chi connectivity index (χ2n) is 4.06. The van der Waals surface area contributed by atoms with Gasteiger partial charge in [0.15, 0.2) is 9.84 Å². The summed E-state index contributed by atoms with van der Waals surface area (Å²) in [5.74, 6) is 0.0277. The average molecular weight is 235 g/mol. The molecule has 1 saturated heterocycles. The first-order chi connectivity index (χ1) is 6.89. The van der Waals surface area contributed by atoms with E-state index in [0.29, 0.717) is 12.8 Å². The molecule has 0 radical (unpaired) electrons. The molecule has 0 aromatic heterocycles. The molecule has 15 heavy (non-hydrogen) atoms. The summed E-state index contributed by atoms with van der Waals surface area (Å²) < 4.78 is 22.2. The molecule has 1 fully saturated rings. The molecule has 5 nitrogen and oxygen atoms in total. The van der Waals surface area contributed by atoms with Gasteiger partial charge in [0, 0.05) is 12.5 Å². The highest BCUT2D eigenvalue weighted by Crippen LogP contribution is 2.11. The van der Waals surface area contributed by atoms with Crippen LogP contribution in [0.1, 0.15) is 26.2 Å². The first-order valence-electron chi connectivity index (χ1n) is 5.07. The number of rotatable bonds is 4. The predicted molar refractivity (Wildman–Crippen MR) is 56.1 cm³/mol. The van der Waals surface area contributed by atoms with E-state index in [0.717, 1.165) is 0 Å². The van der Waals surface area contributed by atoms with Gasteiger partial charge in [-0.1, -0.05) is 0 Å². The van der Waals surface area contributed by atoms with E-state index in [4.69, 9.17) is 5.11 Å². The quantitative estimate of drug-likeness (QED) is 0.685. The van der Waals surface area contributed by atoms with Crippen LogP contribution in [0.2, 0.25) is 0 Å². The normalized spacial score (nSPS) is 26.1. The molecule has 1 rings (SSSR count). The molecular formula is C9H17NO4S. The van der Waals surface area contributed by atoms with Gasteiger partial charge in [0.25, 0.3) is 0 Å². The summed E-state index contributed by atoms with van der Waals surface area (Å²) in [5.41, 5.74) is 0. The van der Waals surface area contributed by atoms with Crippen LogP contribution in [0, 0.1) is 0 Å². The second-order valence-corrected chi connectivity index (χ2v) is 6.28. The van der Waals surface area contributed by atoms with Crippen LogP contribution in [0.25, 0.3) is 0 Å². The SMILES string of the molecule is CC(O)CCC(=O)NC1CCS(=O)(=O)C1. The van der Waals surface area contributed by atoms with E-state index in [1.54, 1.807) is 6.92 Å². The van der Waals surface area contributed by atoms with Crippen molar-refractivity contribution >= 4 is 15.7 Å². The summed E-state index contributed by atoms with van der Waals surface area (Å²) in [6, 6.07) is -0.239. The Labute approximate surface area is 89.8 Å². The zero-order chi connectivity index (χ0) is 11.5. The van der Waals surface area contributed by atoms with Gasteiger partial charge in [0.05, 0.1) is 17.6 Å². The van der Waals surface area contributed by atoms with Crippen LogP contribution >= 0.6 is 0 Å². The minimum Gasteiger partial charge on any atom is -0.393 e.